The third-order valence-corrected chi connectivity index (χ3v) is 4.11. The van der Waals surface area contributed by atoms with Crippen molar-refractivity contribution in [2.75, 3.05) is 5.32 Å². The van der Waals surface area contributed by atoms with Crippen LogP contribution < -0.4 is 5.32 Å². The van der Waals surface area contributed by atoms with Crippen LogP contribution in [-0.4, -0.2) is 4.98 Å². The average molecular weight is 354 g/mol. The molecule has 0 saturated carbocycles. The summed E-state index contributed by atoms with van der Waals surface area (Å²) in [5.41, 5.74) is 3.09. The number of aromatic nitrogens is 1. The predicted octanol–water partition coefficient (Wildman–Crippen LogP) is 5.46. The molecule has 0 saturated heterocycles. The molecular formula is C19H13Cl2N3. The third kappa shape index (κ3) is 3.68. The minimum absolute atomic E-state index is 0.186. The van der Waals surface area contributed by atoms with E-state index in [9.17, 15) is 0 Å². The smallest absolute Gasteiger partial charge is 0.101 e. The van der Waals surface area contributed by atoms with Crippen LogP contribution >= 0.6 is 23.2 Å². The van der Waals surface area contributed by atoms with Crippen LogP contribution in [-0.2, 0) is 0 Å². The van der Waals surface area contributed by atoms with E-state index >= 15 is 0 Å². The standard InChI is InChI=1S/C19H13Cl2N3/c20-15-5-3-4-13(10-15)19(18-6-1-2-9-23-18)24-16-8-7-14(12-22)17(21)11-16/h1-11,19,24H. The van der Waals surface area contributed by atoms with E-state index in [1.54, 1.807) is 18.3 Å². The van der Waals surface area contributed by atoms with Crippen LogP contribution in [0.15, 0.2) is 66.9 Å². The number of anilines is 1. The van der Waals surface area contributed by atoms with Gasteiger partial charge in [0.25, 0.3) is 0 Å². The van der Waals surface area contributed by atoms with Crippen LogP contribution in [0.1, 0.15) is 22.9 Å². The van der Waals surface area contributed by atoms with Gasteiger partial charge in [0, 0.05) is 16.9 Å². The quantitative estimate of drug-likeness (QED) is 0.677. The van der Waals surface area contributed by atoms with Gasteiger partial charge in [-0.15, -0.1) is 0 Å². The first-order valence-electron chi connectivity index (χ1n) is 7.30. The van der Waals surface area contributed by atoms with Crippen LogP contribution in [0.3, 0.4) is 0 Å². The van der Waals surface area contributed by atoms with E-state index in [1.165, 1.54) is 0 Å². The van der Waals surface area contributed by atoms with Gasteiger partial charge in [0.15, 0.2) is 0 Å². The molecule has 1 unspecified atom stereocenters. The summed E-state index contributed by atoms with van der Waals surface area (Å²) in [7, 11) is 0. The van der Waals surface area contributed by atoms with Crippen molar-refractivity contribution in [2.24, 2.45) is 0 Å². The van der Waals surface area contributed by atoms with Crippen LogP contribution in [0.25, 0.3) is 0 Å². The molecule has 0 aliphatic rings. The highest BCUT2D eigenvalue weighted by molar-refractivity contribution is 6.32. The van der Waals surface area contributed by atoms with Crippen LogP contribution in [0, 0.1) is 11.3 Å². The lowest BCUT2D eigenvalue weighted by Gasteiger charge is -2.20. The number of benzene rings is 2. The number of pyridine rings is 1. The Morgan fingerprint density at radius 1 is 1.00 bits per heavy atom. The first-order chi connectivity index (χ1) is 11.7. The van der Waals surface area contributed by atoms with Crippen molar-refractivity contribution in [3.8, 4) is 6.07 Å². The lowest BCUT2D eigenvalue weighted by atomic mass is 10.0. The molecule has 0 spiro atoms. The highest BCUT2D eigenvalue weighted by atomic mass is 35.5. The Balaban J connectivity index is 2.00. The normalized spacial score (nSPS) is 11.5. The monoisotopic (exact) mass is 353 g/mol. The molecule has 0 aliphatic heterocycles. The van der Waals surface area contributed by atoms with E-state index in [4.69, 9.17) is 28.5 Å². The molecule has 2 aromatic carbocycles. The first kappa shape index (κ1) is 16.3. The Bertz CT molecular complexity index is 889. The van der Waals surface area contributed by atoms with Crippen molar-refractivity contribution in [1.29, 1.82) is 5.26 Å². The second-order valence-corrected chi connectivity index (χ2v) is 6.04. The number of nitriles is 1. The number of nitrogens with one attached hydrogen (secondary N) is 1. The maximum absolute atomic E-state index is 9.00. The molecule has 5 heteroatoms. The van der Waals surface area contributed by atoms with Gasteiger partial charge in [0.1, 0.15) is 6.07 Å². The molecule has 1 aromatic heterocycles. The molecule has 0 aliphatic carbocycles. The van der Waals surface area contributed by atoms with Crippen LogP contribution in [0.4, 0.5) is 5.69 Å². The van der Waals surface area contributed by atoms with E-state index in [0.717, 1.165) is 16.9 Å². The van der Waals surface area contributed by atoms with Crippen molar-refractivity contribution in [2.45, 2.75) is 6.04 Å². The maximum atomic E-state index is 9.00. The highest BCUT2D eigenvalue weighted by Crippen LogP contribution is 2.29. The topological polar surface area (TPSA) is 48.7 Å². The summed E-state index contributed by atoms with van der Waals surface area (Å²) >= 11 is 12.3. The van der Waals surface area contributed by atoms with Gasteiger partial charge in [-0.2, -0.15) is 5.26 Å². The first-order valence-corrected chi connectivity index (χ1v) is 8.05. The molecule has 0 amide bonds. The van der Waals surface area contributed by atoms with Gasteiger partial charge in [-0.3, -0.25) is 4.98 Å². The number of rotatable bonds is 4. The van der Waals surface area contributed by atoms with E-state index in [2.05, 4.69) is 16.4 Å². The minimum Gasteiger partial charge on any atom is -0.373 e. The third-order valence-electron chi connectivity index (χ3n) is 3.57. The summed E-state index contributed by atoms with van der Waals surface area (Å²) in [6.45, 7) is 0. The fourth-order valence-electron chi connectivity index (χ4n) is 2.42. The molecule has 3 rings (SSSR count). The van der Waals surface area contributed by atoms with Gasteiger partial charge in [-0.05, 0) is 48.0 Å². The van der Waals surface area contributed by atoms with Gasteiger partial charge in [0.2, 0.25) is 0 Å². The minimum atomic E-state index is -0.186. The van der Waals surface area contributed by atoms with Crippen molar-refractivity contribution in [3.05, 3.63) is 93.7 Å². The molecule has 1 heterocycles. The SMILES string of the molecule is N#Cc1ccc(NC(c2cccc(Cl)c2)c2ccccn2)cc1Cl. The largest absolute Gasteiger partial charge is 0.373 e. The Kier molecular flexibility index (Phi) is 5.00. The van der Waals surface area contributed by atoms with E-state index in [1.807, 2.05) is 48.5 Å². The van der Waals surface area contributed by atoms with Gasteiger partial charge >= 0.3 is 0 Å². The molecule has 118 valence electrons. The summed E-state index contributed by atoms with van der Waals surface area (Å²) in [6.07, 6.45) is 1.75. The molecular weight excluding hydrogens is 341 g/mol. The molecule has 0 radical (unpaired) electrons. The molecule has 1 N–H and O–H groups in total. The zero-order valence-electron chi connectivity index (χ0n) is 12.6. The lowest BCUT2D eigenvalue weighted by Crippen LogP contribution is -2.13. The predicted molar refractivity (Wildman–Crippen MR) is 97.3 cm³/mol. The zero-order valence-corrected chi connectivity index (χ0v) is 14.1. The molecule has 3 nitrogen and oxygen atoms in total. The number of hydrogen-bond donors (Lipinski definition) is 1. The number of halogens is 2. The van der Waals surface area contributed by atoms with Crippen LogP contribution in [0.5, 0.6) is 0 Å². The van der Waals surface area contributed by atoms with Gasteiger partial charge < -0.3 is 5.32 Å². The van der Waals surface area contributed by atoms with Crippen molar-refractivity contribution >= 4 is 28.9 Å². The van der Waals surface area contributed by atoms with Crippen molar-refractivity contribution in [3.63, 3.8) is 0 Å². The molecule has 0 bridgehead atoms. The van der Waals surface area contributed by atoms with Crippen molar-refractivity contribution in [1.82, 2.24) is 4.98 Å². The fraction of sp³-hybridized carbons (Fsp3) is 0.0526. The second-order valence-electron chi connectivity index (χ2n) is 5.19. The van der Waals surface area contributed by atoms with Gasteiger partial charge in [-0.1, -0.05) is 41.4 Å². The Morgan fingerprint density at radius 2 is 1.88 bits per heavy atom. The Morgan fingerprint density at radius 3 is 2.54 bits per heavy atom. The Labute approximate surface area is 150 Å². The van der Waals surface area contributed by atoms with Crippen molar-refractivity contribution < 1.29 is 0 Å². The summed E-state index contributed by atoms with van der Waals surface area (Å²) < 4.78 is 0. The van der Waals surface area contributed by atoms with E-state index < -0.39 is 0 Å². The zero-order chi connectivity index (χ0) is 16.9. The lowest BCUT2D eigenvalue weighted by molar-refractivity contribution is 0.887. The Hall–Kier alpha value is -2.54. The van der Waals surface area contributed by atoms with E-state index in [-0.39, 0.29) is 6.04 Å². The van der Waals surface area contributed by atoms with Gasteiger partial charge in [0.05, 0.1) is 22.3 Å². The molecule has 0 fully saturated rings. The summed E-state index contributed by atoms with van der Waals surface area (Å²) in [5, 5.41) is 13.5. The fourth-order valence-corrected chi connectivity index (χ4v) is 2.84. The number of nitrogens with zero attached hydrogens (tertiary/aromatic N) is 2. The molecule has 24 heavy (non-hydrogen) atoms. The maximum Gasteiger partial charge on any atom is 0.101 e. The summed E-state index contributed by atoms with van der Waals surface area (Å²) in [6, 6.07) is 20.5. The van der Waals surface area contributed by atoms with Gasteiger partial charge in [-0.25, -0.2) is 0 Å². The average Bonchev–Trinajstić information content (AvgIpc) is 2.60. The summed E-state index contributed by atoms with van der Waals surface area (Å²) in [5.74, 6) is 0. The van der Waals surface area contributed by atoms with E-state index in [0.29, 0.717) is 15.6 Å². The summed E-state index contributed by atoms with van der Waals surface area (Å²) in [4.78, 5) is 4.45. The highest BCUT2D eigenvalue weighted by Gasteiger charge is 2.16. The second kappa shape index (κ2) is 7.35. The molecule has 3 aromatic rings. The van der Waals surface area contributed by atoms with Crippen LogP contribution in [0.2, 0.25) is 10.0 Å². The number of hydrogen-bond acceptors (Lipinski definition) is 3. The molecule has 1 atom stereocenters.